The predicted octanol–water partition coefficient (Wildman–Crippen LogP) is 0.0827. The van der Waals surface area contributed by atoms with Crippen LogP contribution in [0, 0.1) is 0 Å². The second kappa shape index (κ2) is 4.27. The molecule has 0 aliphatic heterocycles. The normalized spacial score (nSPS) is 9.43. The van der Waals surface area contributed by atoms with Gasteiger partial charge in [0, 0.05) is 11.4 Å². The molecule has 0 aliphatic carbocycles. The minimum absolute atomic E-state index is 0.315. The highest BCUT2D eigenvalue weighted by Crippen LogP contribution is 2.10. The van der Waals surface area contributed by atoms with Gasteiger partial charge in [-0.2, -0.15) is 0 Å². The molecule has 14 heavy (non-hydrogen) atoms. The fraction of sp³-hybridized carbons (Fsp3) is 0.111. The van der Waals surface area contributed by atoms with Gasteiger partial charge in [-0.25, -0.2) is 0 Å². The number of nitrogens with one attached hydrogen (secondary N) is 1. The molecule has 5 nitrogen and oxygen atoms in total. The topological polar surface area (TPSA) is 98.2 Å². The van der Waals surface area contributed by atoms with Crippen LogP contribution in [0.25, 0.3) is 0 Å². The average molecular weight is 193 g/mol. The number of primary amides is 1. The van der Waals surface area contributed by atoms with Crippen LogP contribution in [0.2, 0.25) is 0 Å². The molecule has 1 aromatic carbocycles. The minimum atomic E-state index is -0.655. The van der Waals surface area contributed by atoms with Crippen molar-refractivity contribution in [3.05, 3.63) is 24.3 Å². The van der Waals surface area contributed by atoms with Crippen molar-refractivity contribution in [3.63, 3.8) is 0 Å². The Kier molecular flexibility index (Phi) is 3.06. The predicted molar refractivity (Wildman–Crippen MR) is 53.3 cm³/mol. The smallest absolute Gasteiger partial charge is 0.233 e. The van der Waals surface area contributed by atoms with Gasteiger partial charge in [-0.1, -0.05) is 0 Å². The Morgan fingerprint density at radius 2 is 1.79 bits per heavy atom. The van der Waals surface area contributed by atoms with Gasteiger partial charge in [0.05, 0.1) is 0 Å². The summed E-state index contributed by atoms with van der Waals surface area (Å²) < 4.78 is 0. The quantitative estimate of drug-likeness (QED) is 0.468. The zero-order chi connectivity index (χ0) is 10.6. The second-order valence-electron chi connectivity index (χ2n) is 2.81. The lowest BCUT2D eigenvalue weighted by molar-refractivity contribution is -0.124. The number of nitrogens with two attached hydrogens (primary N) is 2. The molecule has 0 fully saturated rings. The molecule has 0 aromatic heterocycles. The molecule has 0 heterocycles. The van der Waals surface area contributed by atoms with Crippen LogP contribution < -0.4 is 16.8 Å². The second-order valence-corrected chi connectivity index (χ2v) is 2.81. The molecule has 0 saturated carbocycles. The monoisotopic (exact) mass is 193 g/mol. The number of carbonyl (C=O) groups is 2. The fourth-order valence-electron chi connectivity index (χ4n) is 0.930. The van der Waals surface area contributed by atoms with Gasteiger partial charge >= 0.3 is 0 Å². The van der Waals surface area contributed by atoms with Crippen molar-refractivity contribution < 1.29 is 9.59 Å². The van der Waals surface area contributed by atoms with Crippen LogP contribution in [0.1, 0.15) is 6.42 Å². The van der Waals surface area contributed by atoms with Crippen molar-refractivity contribution in [3.8, 4) is 0 Å². The first kappa shape index (κ1) is 10.0. The third kappa shape index (κ3) is 3.14. The standard InChI is InChI=1S/C9H11N3O2/c10-6-1-3-7(4-2-6)12-9(14)5-8(11)13/h1-4H,5,10H2,(H2,11,13)(H,12,14). The van der Waals surface area contributed by atoms with E-state index in [1.165, 1.54) is 0 Å². The molecule has 0 aliphatic rings. The largest absolute Gasteiger partial charge is 0.399 e. The molecule has 0 unspecified atom stereocenters. The van der Waals surface area contributed by atoms with Gasteiger partial charge in [-0.05, 0) is 24.3 Å². The first-order valence-corrected chi connectivity index (χ1v) is 4.01. The Balaban J connectivity index is 2.56. The molecule has 2 amide bonds. The van der Waals surface area contributed by atoms with E-state index >= 15 is 0 Å². The van der Waals surface area contributed by atoms with Crippen molar-refractivity contribution in [1.82, 2.24) is 0 Å². The number of carbonyl (C=O) groups excluding carboxylic acids is 2. The van der Waals surface area contributed by atoms with Crippen LogP contribution in [0.5, 0.6) is 0 Å². The third-order valence-corrected chi connectivity index (χ3v) is 1.53. The molecule has 5 heteroatoms. The number of benzene rings is 1. The van der Waals surface area contributed by atoms with Gasteiger partial charge in [-0.3, -0.25) is 9.59 Å². The lowest BCUT2D eigenvalue weighted by Gasteiger charge is -2.03. The average Bonchev–Trinajstić information content (AvgIpc) is 2.07. The Morgan fingerprint density at radius 1 is 1.21 bits per heavy atom. The van der Waals surface area contributed by atoms with E-state index in [-0.39, 0.29) is 6.42 Å². The zero-order valence-corrected chi connectivity index (χ0v) is 7.49. The highest BCUT2D eigenvalue weighted by atomic mass is 16.2. The molecule has 1 aromatic rings. The number of hydrogen-bond acceptors (Lipinski definition) is 3. The van der Waals surface area contributed by atoms with Crippen molar-refractivity contribution in [2.24, 2.45) is 5.73 Å². The first-order valence-electron chi connectivity index (χ1n) is 4.01. The lowest BCUT2D eigenvalue weighted by Crippen LogP contribution is -2.21. The Hall–Kier alpha value is -2.04. The molecular weight excluding hydrogens is 182 g/mol. The van der Waals surface area contributed by atoms with Crippen LogP contribution in [-0.4, -0.2) is 11.8 Å². The molecule has 5 N–H and O–H groups in total. The third-order valence-electron chi connectivity index (χ3n) is 1.53. The highest BCUT2D eigenvalue weighted by Gasteiger charge is 2.05. The summed E-state index contributed by atoms with van der Waals surface area (Å²) >= 11 is 0. The summed E-state index contributed by atoms with van der Waals surface area (Å²) in [5, 5.41) is 2.51. The van der Waals surface area contributed by atoms with Gasteiger partial charge in [0.1, 0.15) is 6.42 Å². The molecule has 0 bridgehead atoms. The maximum absolute atomic E-state index is 11.1. The van der Waals surface area contributed by atoms with E-state index in [4.69, 9.17) is 11.5 Å². The maximum Gasteiger partial charge on any atom is 0.233 e. The van der Waals surface area contributed by atoms with Crippen molar-refractivity contribution in [1.29, 1.82) is 0 Å². The van der Waals surface area contributed by atoms with Gasteiger partial charge in [0.25, 0.3) is 0 Å². The van der Waals surface area contributed by atoms with E-state index in [0.717, 1.165) is 0 Å². The van der Waals surface area contributed by atoms with E-state index in [1.54, 1.807) is 24.3 Å². The Morgan fingerprint density at radius 3 is 2.29 bits per heavy atom. The zero-order valence-electron chi connectivity index (χ0n) is 7.49. The summed E-state index contributed by atoms with van der Waals surface area (Å²) in [4.78, 5) is 21.5. The molecule has 0 radical (unpaired) electrons. The summed E-state index contributed by atoms with van der Waals surface area (Å²) in [6, 6.07) is 6.60. The first-order chi connectivity index (χ1) is 6.58. The van der Waals surface area contributed by atoms with Crippen molar-refractivity contribution >= 4 is 23.2 Å². The number of anilines is 2. The molecule has 0 spiro atoms. The van der Waals surface area contributed by atoms with Crippen molar-refractivity contribution in [2.75, 3.05) is 11.1 Å². The summed E-state index contributed by atoms with van der Waals surface area (Å²) in [6.45, 7) is 0. The van der Waals surface area contributed by atoms with Gasteiger partial charge in [0.2, 0.25) is 11.8 Å². The number of rotatable bonds is 3. The summed E-state index contributed by atoms with van der Waals surface area (Å²) in [5.41, 5.74) is 11.5. The fourth-order valence-corrected chi connectivity index (χ4v) is 0.930. The van der Waals surface area contributed by atoms with E-state index in [2.05, 4.69) is 5.32 Å². The highest BCUT2D eigenvalue weighted by molar-refractivity contribution is 6.03. The molecule has 1 rings (SSSR count). The molecule has 0 saturated heterocycles. The van der Waals surface area contributed by atoms with Crippen LogP contribution >= 0.6 is 0 Å². The summed E-state index contributed by atoms with van der Waals surface area (Å²) in [7, 11) is 0. The molecular formula is C9H11N3O2. The minimum Gasteiger partial charge on any atom is -0.399 e. The van der Waals surface area contributed by atoms with Crippen LogP contribution in [0.4, 0.5) is 11.4 Å². The Bertz CT molecular complexity index is 346. The summed E-state index contributed by atoms with van der Waals surface area (Å²) in [5.74, 6) is -1.08. The van der Waals surface area contributed by atoms with Crippen molar-refractivity contribution in [2.45, 2.75) is 6.42 Å². The van der Waals surface area contributed by atoms with Crippen LogP contribution in [0.3, 0.4) is 0 Å². The van der Waals surface area contributed by atoms with Gasteiger partial charge < -0.3 is 16.8 Å². The van der Waals surface area contributed by atoms with Crippen LogP contribution in [0.15, 0.2) is 24.3 Å². The van der Waals surface area contributed by atoms with Gasteiger partial charge in [-0.15, -0.1) is 0 Å². The summed E-state index contributed by atoms with van der Waals surface area (Å²) in [6.07, 6.45) is -0.315. The van der Waals surface area contributed by atoms with Crippen LogP contribution in [-0.2, 0) is 9.59 Å². The Labute approximate surface area is 81.1 Å². The van der Waals surface area contributed by atoms with Gasteiger partial charge in [0.15, 0.2) is 0 Å². The van der Waals surface area contributed by atoms with E-state index in [9.17, 15) is 9.59 Å². The van der Waals surface area contributed by atoms with E-state index in [0.29, 0.717) is 11.4 Å². The SMILES string of the molecule is NC(=O)CC(=O)Nc1ccc(N)cc1. The molecule has 74 valence electrons. The van der Waals surface area contributed by atoms with E-state index in [1.807, 2.05) is 0 Å². The lowest BCUT2D eigenvalue weighted by atomic mass is 10.3. The number of amides is 2. The molecule has 0 atom stereocenters. The maximum atomic E-state index is 11.1. The van der Waals surface area contributed by atoms with E-state index < -0.39 is 11.8 Å². The number of hydrogen-bond donors (Lipinski definition) is 3. The number of nitrogen functional groups attached to an aromatic ring is 1.